The molecule has 24 heavy (non-hydrogen) atoms. The van der Waals surface area contributed by atoms with Crippen molar-refractivity contribution in [3.63, 3.8) is 0 Å². The van der Waals surface area contributed by atoms with Crippen LogP contribution in [0.5, 0.6) is 5.75 Å². The topological polar surface area (TPSA) is 76.0 Å². The van der Waals surface area contributed by atoms with Crippen molar-refractivity contribution in [2.24, 2.45) is 10.9 Å². The van der Waals surface area contributed by atoms with E-state index in [0.717, 1.165) is 37.6 Å². The Morgan fingerprint density at radius 3 is 2.88 bits per heavy atom. The fraction of sp³-hybridized carbons (Fsp3) is 0.588. The molecule has 7 heteroatoms. The van der Waals surface area contributed by atoms with E-state index in [9.17, 15) is 4.79 Å². The first-order chi connectivity index (χ1) is 11.7. The van der Waals surface area contributed by atoms with Crippen LogP contribution >= 0.6 is 0 Å². The Balaban J connectivity index is 1.70. The molecule has 0 aromatic carbocycles. The molecule has 1 aliphatic heterocycles. The zero-order valence-electron chi connectivity index (χ0n) is 14.4. The van der Waals surface area contributed by atoms with Gasteiger partial charge in [0.2, 0.25) is 0 Å². The normalized spacial score (nSPS) is 15.9. The van der Waals surface area contributed by atoms with Crippen LogP contribution in [0.3, 0.4) is 0 Å². The van der Waals surface area contributed by atoms with Crippen LogP contribution in [-0.2, 0) is 9.53 Å². The van der Waals surface area contributed by atoms with Crippen molar-refractivity contribution in [1.82, 2.24) is 15.2 Å². The standard InChI is InChI=1S/C17H26N4O3/c1-3-23-16(22)14-6-10-21(11-7-14)17(18-2)20-9-12-24-15-5-4-8-19-13-15/h4-5,8,13-14H,3,6-7,9-12H2,1-2H3,(H,18,20). The van der Waals surface area contributed by atoms with Gasteiger partial charge in [-0.1, -0.05) is 0 Å². The first kappa shape index (κ1) is 18.0. The fourth-order valence-corrected chi connectivity index (χ4v) is 2.68. The Labute approximate surface area is 143 Å². The maximum atomic E-state index is 11.8. The van der Waals surface area contributed by atoms with E-state index in [1.807, 2.05) is 19.1 Å². The van der Waals surface area contributed by atoms with E-state index in [0.29, 0.717) is 19.8 Å². The number of carbonyl (C=O) groups is 1. The van der Waals surface area contributed by atoms with Crippen LogP contribution < -0.4 is 10.1 Å². The van der Waals surface area contributed by atoms with Gasteiger partial charge in [-0.05, 0) is 31.9 Å². The lowest BCUT2D eigenvalue weighted by Gasteiger charge is -2.33. The molecule has 0 bridgehead atoms. The van der Waals surface area contributed by atoms with Crippen molar-refractivity contribution < 1.29 is 14.3 Å². The van der Waals surface area contributed by atoms with Crippen LogP contribution in [0.25, 0.3) is 0 Å². The van der Waals surface area contributed by atoms with E-state index in [4.69, 9.17) is 9.47 Å². The number of pyridine rings is 1. The third-order valence-corrected chi connectivity index (χ3v) is 3.91. The summed E-state index contributed by atoms with van der Waals surface area (Å²) >= 11 is 0. The molecule has 7 nitrogen and oxygen atoms in total. The van der Waals surface area contributed by atoms with Crippen LogP contribution in [0.1, 0.15) is 19.8 Å². The highest BCUT2D eigenvalue weighted by Crippen LogP contribution is 2.18. The summed E-state index contributed by atoms with van der Waals surface area (Å²) in [6.07, 6.45) is 5.00. The Hall–Kier alpha value is -2.31. The third kappa shape index (κ3) is 5.40. The van der Waals surface area contributed by atoms with Gasteiger partial charge in [-0.15, -0.1) is 0 Å². The van der Waals surface area contributed by atoms with Gasteiger partial charge in [-0.3, -0.25) is 14.8 Å². The number of carbonyl (C=O) groups excluding carboxylic acids is 1. The molecule has 1 aromatic rings. The highest BCUT2D eigenvalue weighted by molar-refractivity contribution is 5.80. The van der Waals surface area contributed by atoms with Gasteiger partial charge in [0.05, 0.1) is 25.3 Å². The van der Waals surface area contributed by atoms with E-state index in [-0.39, 0.29) is 11.9 Å². The lowest BCUT2D eigenvalue weighted by atomic mass is 9.97. The smallest absolute Gasteiger partial charge is 0.309 e. The van der Waals surface area contributed by atoms with E-state index in [1.165, 1.54) is 0 Å². The predicted molar refractivity (Wildman–Crippen MR) is 92.0 cm³/mol. The van der Waals surface area contributed by atoms with Gasteiger partial charge in [-0.25, -0.2) is 0 Å². The molecule has 0 radical (unpaired) electrons. The number of likely N-dealkylation sites (tertiary alicyclic amines) is 1. The van der Waals surface area contributed by atoms with Crippen LogP contribution in [0.4, 0.5) is 0 Å². The number of rotatable bonds is 6. The summed E-state index contributed by atoms with van der Waals surface area (Å²) in [5.74, 6) is 1.52. The quantitative estimate of drug-likeness (QED) is 0.366. The molecular formula is C17H26N4O3. The van der Waals surface area contributed by atoms with Gasteiger partial charge in [0.25, 0.3) is 0 Å². The van der Waals surface area contributed by atoms with Gasteiger partial charge in [0.1, 0.15) is 12.4 Å². The summed E-state index contributed by atoms with van der Waals surface area (Å²) in [6, 6.07) is 3.72. The SMILES string of the molecule is CCOC(=O)C1CCN(C(=NC)NCCOc2cccnc2)CC1. The van der Waals surface area contributed by atoms with Crippen molar-refractivity contribution in [3.05, 3.63) is 24.5 Å². The number of esters is 1. The van der Waals surface area contributed by atoms with Crippen molar-refractivity contribution in [2.45, 2.75) is 19.8 Å². The van der Waals surface area contributed by atoms with Crippen LogP contribution in [0, 0.1) is 5.92 Å². The Morgan fingerprint density at radius 2 is 2.25 bits per heavy atom. The second-order valence-corrected chi connectivity index (χ2v) is 5.52. The van der Waals surface area contributed by atoms with E-state index >= 15 is 0 Å². The Kier molecular flexibility index (Phi) is 7.32. The highest BCUT2D eigenvalue weighted by Gasteiger charge is 2.27. The second-order valence-electron chi connectivity index (χ2n) is 5.52. The third-order valence-electron chi connectivity index (χ3n) is 3.91. The maximum Gasteiger partial charge on any atom is 0.309 e. The number of piperidine rings is 1. The molecule has 1 aromatic heterocycles. The monoisotopic (exact) mass is 334 g/mol. The zero-order chi connectivity index (χ0) is 17.2. The van der Waals surface area contributed by atoms with Gasteiger partial charge in [0.15, 0.2) is 5.96 Å². The molecule has 1 N–H and O–H groups in total. The minimum atomic E-state index is -0.0787. The molecule has 2 rings (SSSR count). The zero-order valence-corrected chi connectivity index (χ0v) is 14.4. The van der Waals surface area contributed by atoms with E-state index < -0.39 is 0 Å². The van der Waals surface area contributed by atoms with Crippen LogP contribution in [-0.4, -0.2) is 61.7 Å². The Morgan fingerprint density at radius 1 is 1.46 bits per heavy atom. The number of guanidine groups is 1. The minimum absolute atomic E-state index is 0.00761. The predicted octanol–water partition coefficient (Wildman–Crippen LogP) is 1.31. The molecule has 0 atom stereocenters. The molecular weight excluding hydrogens is 308 g/mol. The number of nitrogens with one attached hydrogen (secondary N) is 1. The van der Waals surface area contributed by atoms with E-state index in [2.05, 4.69) is 20.2 Å². The first-order valence-electron chi connectivity index (χ1n) is 8.39. The molecule has 0 aliphatic carbocycles. The summed E-state index contributed by atoms with van der Waals surface area (Å²) in [7, 11) is 1.77. The number of hydrogen-bond acceptors (Lipinski definition) is 5. The first-order valence-corrected chi connectivity index (χ1v) is 8.39. The molecule has 2 heterocycles. The lowest BCUT2D eigenvalue weighted by molar-refractivity contribution is -0.149. The molecule has 132 valence electrons. The number of hydrogen-bond donors (Lipinski definition) is 1. The fourth-order valence-electron chi connectivity index (χ4n) is 2.68. The van der Waals surface area contributed by atoms with Crippen LogP contribution in [0.2, 0.25) is 0 Å². The molecule has 0 unspecified atom stereocenters. The largest absolute Gasteiger partial charge is 0.490 e. The number of ether oxygens (including phenoxy) is 2. The lowest BCUT2D eigenvalue weighted by Crippen LogP contribution is -2.47. The molecule has 1 fully saturated rings. The Bertz CT molecular complexity index is 528. The number of aromatic nitrogens is 1. The molecule has 1 aliphatic rings. The molecule has 0 spiro atoms. The molecule has 1 saturated heterocycles. The summed E-state index contributed by atoms with van der Waals surface area (Å²) < 4.78 is 10.7. The van der Waals surface area contributed by atoms with Gasteiger partial charge in [-0.2, -0.15) is 0 Å². The van der Waals surface area contributed by atoms with Crippen molar-refractivity contribution >= 4 is 11.9 Å². The molecule has 0 amide bonds. The summed E-state index contributed by atoms with van der Waals surface area (Å²) in [6.45, 7) is 5.06. The molecule has 0 saturated carbocycles. The highest BCUT2D eigenvalue weighted by atomic mass is 16.5. The van der Waals surface area contributed by atoms with Crippen molar-refractivity contribution in [1.29, 1.82) is 0 Å². The van der Waals surface area contributed by atoms with Crippen molar-refractivity contribution in [3.8, 4) is 5.75 Å². The maximum absolute atomic E-state index is 11.8. The summed E-state index contributed by atoms with van der Waals surface area (Å²) in [5, 5.41) is 3.29. The van der Waals surface area contributed by atoms with E-state index in [1.54, 1.807) is 19.4 Å². The van der Waals surface area contributed by atoms with Crippen molar-refractivity contribution in [2.75, 3.05) is 39.9 Å². The van der Waals surface area contributed by atoms with Gasteiger partial charge < -0.3 is 19.7 Å². The number of aliphatic imine (C=N–C) groups is 1. The van der Waals surface area contributed by atoms with Gasteiger partial charge in [0, 0.05) is 26.3 Å². The summed E-state index contributed by atoms with van der Waals surface area (Å²) in [4.78, 5) is 22.3. The summed E-state index contributed by atoms with van der Waals surface area (Å²) in [5.41, 5.74) is 0. The average molecular weight is 334 g/mol. The number of nitrogens with zero attached hydrogens (tertiary/aromatic N) is 3. The van der Waals surface area contributed by atoms with Gasteiger partial charge >= 0.3 is 5.97 Å². The minimum Gasteiger partial charge on any atom is -0.490 e. The van der Waals surface area contributed by atoms with Crippen LogP contribution in [0.15, 0.2) is 29.5 Å². The average Bonchev–Trinajstić information content (AvgIpc) is 2.63. The second kappa shape index (κ2) is 9.75.